The minimum atomic E-state index is -2.83. The van der Waals surface area contributed by atoms with Crippen LogP contribution in [0.25, 0.3) is 10.4 Å². The van der Waals surface area contributed by atoms with Gasteiger partial charge >= 0.3 is 0 Å². The van der Waals surface area contributed by atoms with Crippen LogP contribution in [0.3, 0.4) is 0 Å². The summed E-state index contributed by atoms with van der Waals surface area (Å²) in [5.74, 6) is -0.499. The molecular formula is C18H20F2N6O. The molecule has 1 N–H and O–H groups in total. The van der Waals surface area contributed by atoms with Crippen LogP contribution in [0.4, 0.5) is 14.5 Å². The molecule has 1 aliphatic carbocycles. The third kappa shape index (κ3) is 3.38. The number of rotatable bonds is 5. The summed E-state index contributed by atoms with van der Waals surface area (Å²) in [5, 5.41) is 10.2. The quantitative estimate of drug-likeness (QED) is 0.467. The van der Waals surface area contributed by atoms with E-state index in [2.05, 4.69) is 20.4 Å². The van der Waals surface area contributed by atoms with Crippen LogP contribution in [0.5, 0.6) is 0 Å². The Balaban J connectivity index is 1.96. The third-order valence-corrected chi connectivity index (χ3v) is 5.05. The SMILES string of the molecule is CC1CC(C)(CN=[N+]=[N-])c2cccc(NC(=O)c3cn(C)nc3C(F)F)c21. The summed E-state index contributed by atoms with van der Waals surface area (Å²) in [6.07, 6.45) is -0.780. The molecule has 9 heteroatoms. The Labute approximate surface area is 155 Å². The minimum absolute atomic E-state index is 0.124. The summed E-state index contributed by atoms with van der Waals surface area (Å²) in [5.41, 5.74) is 10.2. The first-order valence-corrected chi connectivity index (χ1v) is 8.54. The molecular weight excluding hydrogens is 354 g/mol. The second-order valence-electron chi connectivity index (χ2n) is 7.18. The zero-order valence-electron chi connectivity index (χ0n) is 15.3. The number of aryl methyl sites for hydroxylation is 1. The number of nitrogens with one attached hydrogen (secondary N) is 1. The number of halogens is 2. The monoisotopic (exact) mass is 374 g/mol. The van der Waals surface area contributed by atoms with Crippen LogP contribution >= 0.6 is 0 Å². The van der Waals surface area contributed by atoms with Gasteiger partial charge in [0.05, 0.1) is 5.56 Å². The number of alkyl halides is 2. The molecule has 0 fully saturated rings. The number of hydrogen-bond donors (Lipinski definition) is 1. The normalized spacial score (nSPS) is 21.0. The number of carbonyl (C=O) groups is 1. The van der Waals surface area contributed by atoms with Crippen LogP contribution in [0, 0.1) is 0 Å². The molecule has 0 radical (unpaired) electrons. The van der Waals surface area contributed by atoms with E-state index < -0.39 is 18.0 Å². The van der Waals surface area contributed by atoms with Gasteiger partial charge in [0.2, 0.25) is 0 Å². The maximum atomic E-state index is 13.1. The molecule has 1 aromatic carbocycles. The molecule has 0 aliphatic heterocycles. The molecule has 7 nitrogen and oxygen atoms in total. The highest BCUT2D eigenvalue weighted by Gasteiger charge is 2.39. The van der Waals surface area contributed by atoms with E-state index in [1.54, 1.807) is 12.1 Å². The van der Waals surface area contributed by atoms with Crippen molar-refractivity contribution in [3.8, 4) is 0 Å². The van der Waals surface area contributed by atoms with Crippen LogP contribution in [-0.2, 0) is 12.5 Å². The maximum Gasteiger partial charge on any atom is 0.282 e. The summed E-state index contributed by atoms with van der Waals surface area (Å²) in [4.78, 5) is 15.5. The Morgan fingerprint density at radius 3 is 2.96 bits per heavy atom. The Hall–Kier alpha value is -2.93. The first-order valence-electron chi connectivity index (χ1n) is 8.54. The van der Waals surface area contributed by atoms with E-state index in [9.17, 15) is 13.6 Å². The number of fused-ring (bicyclic) bond motifs is 1. The third-order valence-electron chi connectivity index (χ3n) is 5.05. The van der Waals surface area contributed by atoms with Gasteiger partial charge in [0.1, 0.15) is 5.69 Å². The van der Waals surface area contributed by atoms with E-state index in [1.165, 1.54) is 17.9 Å². The first-order chi connectivity index (χ1) is 12.8. The van der Waals surface area contributed by atoms with E-state index >= 15 is 0 Å². The van der Waals surface area contributed by atoms with Crippen molar-refractivity contribution in [2.24, 2.45) is 12.2 Å². The number of aromatic nitrogens is 2. The van der Waals surface area contributed by atoms with Crippen molar-refractivity contribution in [2.75, 3.05) is 11.9 Å². The van der Waals surface area contributed by atoms with Gasteiger partial charge in [-0.05, 0) is 40.5 Å². The average molecular weight is 374 g/mol. The second-order valence-corrected chi connectivity index (χ2v) is 7.18. The smallest absolute Gasteiger partial charge is 0.282 e. The molecule has 142 valence electrons. The highest BCUT2D eigenvalue weighted by molar-refractivity contribution is 6.05. The Bertz CT molecular complexity index is 934. The number of benzene rings is 1. The number of amides is 1. The molecule has 1 heterocycles. The van der Waals surface area contributed by atoms with Crippen LogP contribution < -0.4 is 5.32 Å². The van der Waals surface area contributed by atoms with E-state index in [-0.39, 0.29) is 16.9 Å². The number of hydrogen-bond acceptors (Lipinski definition) is 3. The summed E-state index contributed by atoms with van der Waals surface area (Å²) in [7, 11) is 1.49. The van der Waals surface area contributed by atoms with Crippen molar-refractivity contribution in [3.05, 3.63) is 57.2 Å². The lowest BCUT2D eigenvalue weighted by Gasteiger charge is -2.23. The summed E-state index contributed by atoms with van der Waals surface area (Å²) < 4.78 is 27.5. The molecule has 2 unspecified atom stereocenters. The number of azide groups is 1. The van der Waals surface area contributed by atoms with E-state index in [1.807, 2.05) is 19.9 Å². The predicted octanol–water partition coefficient (Wildman–Crippen LogP) is 4.69. The van der Waals surface area contributed by atoms with Gasteiger partial charge in [-0.3, -0.25) is 9.48 Å². The molecule has 0 saturated carbocycles. The molecule has 2 aromatic rings. The van der Waals surface area contributed by atoms with Crippen molar-refractivity contribution < 1.29 is 13.6 Å². The fraction of sp³-hybridized carbons (Fsp3) is 0.444. The standard InChI is InChI=1S/C18H20F2N6O/c1-10-7-18(2,9-22-25-21)12-5-4-6-13(14(10)12)23-17(27)11-8-26(3)24-15(11)16(19)20/h4-6,8,10,16H,7,9H2,1-3H3,(H,23,27). The maximum absolute atomic E-state index is 13.1. The van der Waals surface area contributed by atoms with Crippen LogP contribution in [0.15, 0.2) is 29.5 Å². The summed E-state index contributed by atoms with van der Waals surface area (Å²) >= 11 is 0. The van der Waals surface area contributed by atoms with Crippen LogP contribution in [0.1, 0.15) is 59.8 Å². The molecule has 27 heavy (non-hydrogen) atoms. The van der Waals surface area contributed by atoms with E-state index in [4.69, 9.17) is 5.53 Å². The van der Waals surface area contributed by atoms with Gasteiger partial charge in [-0.25, -0.2) is 8.78 Å². The van der Waals surface area contributed by atoms with Crippen LogP contribution in [-0.4, -0.2) is 22.2 Å². The molecule has 1 aliphatic rings. The average Bonchev–Trinajstić information content (AvgIpc) is 3.13. The lowest BCUT2D eigenvalue weighted by molar-refractivity contribution is 0.101. The van der Waals surface area contributed by atoms with Gasteiger partial charge in [-0.15, -0.1) is 0 Å². The fourth-order valence-electron chi connectivity index (χ4n) is 3.99. The van der Waals surface area contributed by atoms with E-state index in [0.29, 0.717) is 12.2 Å². The van der Waals surface area contributed by atoms with Gasteiger partial charge in [-0.2, -0.15) is 5.10 Å². The lowest BCUT2D eigenvalue weighted by Crippen LogP contribution is -2.22. The number of carbonyl (C=O) groups excluding carboxylic acids is 1. The van der Waals surface area contributed by atoms with Gasteiger partial charge in [-0.1, -0.05) is 31.1 Å². The van der Waals surface area contributed by atoms with Gasteiger partial charge in [0.25, 0.3) is 12.3 Å². The van der Waals surface area contributed by atoms with Crippen molar-refractivity contribution in [1.29, 1.82) is 0 Å². The van der Waals surface area contributed by atoms with Gasteiger partial charge in [0, 0.05) is 30.4 Å². The Morgan fingerprint density at radius 1 is 1.56 bits per heavy atom. The van der Waals surface area contributed by atoms with E-state index in [0.717, 1.165) is 17.5 Å². The largest absolute Gasteiger partial charge is 0.322 e. The predicted molar refractivity (Wildman–Crippen MR) is 97.0 cm³/mol. The molecule has 0 saturated heterocycles. The summed E-state index contributed by atoms with van der Waals surface area (Å²) in [6.45, 7) is 4.37. The Morgan fingerprint density at radius 2 is 2.30 bits per heavy atom. The number of anilines is 1. The topological polar surface area (TPSA) is 95.7 Å². The van der Waals surface area contributed by atoms with Gasteiger partial charge < -0.3 is 5.32 Å². The molecule has 2 atom stereocenters. The van der Waals surface area contributed by atoms with Crippen molar-refractivity contribution in [1.82, 2.24) is 9.78 Å². The zero-order chi connectivity index (χ0) is 19.8. The van der Waals surface area contributed by atoms with Crippen LogP contribution in [0.2, 0.25) is 0 Å². The molecule has 1 amide bonds. The zero-order valence-corrected chi connectivity index (χ0v) is 15.3. The first kappa shape index (κ1) is 18.8. The van der Waals surface area contributed by atoms with Crippen molar-refractivity contribution >= 4 is 11.6 Å². The second kappa shape index (κ2) is 7.00. The fourth-order valence-corrected chi connectivity index (χ4v) is 3.99. The molecule has 0 spiro atoms. The minimum Gasteiger partial charge on any atom is -0.322 e. The van der Waals surface area contributed by atoms with Crippen molar-refractivity contribution in [2.45, 2.75) is 38.0 Å². The summed E-state index contributed by atoms with van der Waals surface area (Å²) in [6, 6.07) is 5.51. The lowest BCUT2D eigenvalue weighted by atomic mass is 9.84. The Kier molecular flexibility index (Phi) is 4.89. The highest BCUT2D eigenvalue weighted by Crippen LogP contribution is 2.49. The molecule has 3 rings (SSSR count). The number of nitrogens with zero attached hydrogens (tertiary/aromatic N) is 5. The molecule has 0 bridgehead atoms. The van der Waals surface area contributed by atoms with Gasteiger partial charge in [0.15, 0.2) is 0 Å². The van der Waals surface area contributed by atoms with Crippen molar-refractivity contribution in [3.63, 3.8) is 0 Å². The highest BCUT2D eigenvalue weighted by atomic mass is 19.3. The molecule has 1 aromatic heterocycles.